The Hall–Kier alpha value is -4.44. The van der Waals surface area contributed by atoms with Gasteiger partial charge in [0.25, 0.3) is 5.91 Å². The molecule has 55 heavy (non-hydrogen) atoms. The maximum atomic E-state index is 14.9. The van der Waals surface area contributed by atoms with Gasteiger partial charge in [-0.25, -0.2) is 18.2 Å². The van der Waals surface area contributed by atoms with E-state index in [0.29, 0.717) is 43.2 Å². The van der Waals surface area contributed by atoms with Crippen molar-refractivity contribution in [2.75, 3.05) is 27.4 Å². The van der Waals surface area contributed by atoms with Crippen molar-refractivity contribution < 1.29 is 46.5 Å². The Bertz CT molecular complexity index is 1940. The van der Waals surface area contributed by atoms with Crippen molar-refractivity contribution in [3.8, 4) is 11.6 Å². The maximum Gasteiger partial charge on any atom is 0.408 e. The number of ether oxygens (including phenoxy) is 4. The quantitative estimate of drug-likeness (QED) is 0.314. The summed E-state index contributed by atoms with van der Waals surface area (Å²) in [6.07, 6.45) is 7.47. The van der Waals surface area contributed by atoms with Crippen LogP contribution in [0.25, 0.3) is 10.8 Å². The van der Waals surface area contributed by atoms with Crippen molar-refractivity contribution in [2.45, 2.75) is 113 Å². The number of hydrogen-bond donors (Lipinski definition) is 3. The van der Waals surface area contributed by atoms with Gasteiger partial charge in [-0.2, -0.15) is 0 Å². The summed E-state index contributed by atoms with van der Waals surface area (Å²) in [6.45, 7) is 6.84. The minimum Gasteiger partial charge on any atom is -0.494 e. The van der Waals surface area contributed by atoms with Crippen molar-refractivity contribution in [1.29, 1.82) is 0 Å². The lowest BCUT2D eigenvalue weighted by Gasteiger charge is -2.33. The molecule has 1 aromatic heterocycles. The van der Waals surface area contributed by atoms with Gasteiger partial charge in [0, 0.05) is 36.1 Å². The standard InChI is InChI=1S/C39H53N5O10S/c1-37(2,3)54-36(48)41-31-24(23-51-5)13-9-7-8-10-14-25-20-39(25,35(47)43-55(49,50)38(4)17-18-38)42-32(45)29-19-26(22-44(29)34(31)46)53-33-28-16-12-11-15-27(28)30(52-6)21-40-33/h10-12,14-16,21,24-26,29,31H,7-9,13,17-20,22-23H2,1-6H3,(H,41,48)(H,42,45)(H,43,47)/b14-10-/t24-,25?,26+,29-,31-,39+/m0/s1. The van der Waals surface area contributed by atoms with E-state index in [1.807, 2.05) is 36.4 Å². The molecule has 1 aromatic carbocycles. The number of allylic oxidation sites excluding steroid dienone is 1. The topological polar surface area (TPSA) is 192 Å². The van der Waals surface area contributed by atoms with Crippen LogP contribution in [-0.2, 0) is 33.9 Å². The van der Waals surface area contributed by atoms with E-state index in [9.17, 15) is 27.6 Å². The number of hydrogen-bond acceptors (Lipinski definition) is 11. The van der Waals surface area contributed by atoms with Crippen molar-refractivity contribution >= 4 is 44.6 Å². The van der Waals surface area contributed by atoms with E-state index in [4.69, 9.17) is 18.9 Å². The summed E-state index contributed by atoms with van der Waals surface area (Å²) >= 11 is 0. The van der Waals surface area contributed by atoms with Crippen LogP contribution >= 0.6 is 0 Å². The number of carbonyl (C=O) groups is 4. The molecule has 6 atom stereocenters. The second-order valence-electron chi connectivity index (χ2n) is 16.4. The molecule has 1 unspecified atom stereocenters. The Morgan fingerprint density at radius 1 is 1.09 bits per heavy atom. The van der Waals surface area contributed by atoms with Crippen molar-refractivity contribution in [3.63, 3.8) is 0 Å². The summed E-state index contributed by atoms with van der Waals surface area (Å²) in [5.74, 6) is -2.12. The van der Waals surface area contributed by atoms with Gasteiger partial charge in [0.2, 0.25) is 27.7 Å². The highest BCUT2D eigenvalue weighted by molar-refractivity contribution is 7.91. The molecule has 16 heteroatoms. The number of nitrogens with one attached hydrogen (secondary N) is 3. The Labute approximate surface area is 322 Å². The lowest BCUT2D eigenvalue weighted by Crippen LogP contribution is -2.60. The smallest absolute Gasteiger partial charge is 0.408 e. The summed E-state index contributed by atoms with van der Waals surface area (Å²) in [4.78, 5) is 62.4. The lowest BCUT2D eigenvalue weighted by atomic mass is 9.92. The highest BCUT2D eigenvalue weighted by Crippen LogP contribution is 2.47. The number of alkyl carbamates (subject to hydrolysis) is 1. The number of rotatable bonds is 9. The Morgan fingerprint density at radius 3 is 2.49 bits per heavy atom. The summed E-state index contributed by atoms with van der Waals surface area (Å²) in [6, 6.07) is 5.10. The number of amides is 4. The molecule has 300 valence electrons. The monoisotopic (exact) mass is 783 g/mol. The predicted octanol–water partition coefficient (Wildman–Crippen LogP) is 3.75. The van der Waals surface area contributed by atoms with E-state index in [0.717, 1.165) is 11.8 Å². The minimum atomic E-state index is -4.01. The predicted molar refractivity (Wildman–Crippen MR) is 203 cm³/mol. The van der Waals surface area contributed by atoms with Crippen LogP contribution in [-0.4, -0.2) is 104 Å². The molecule has 2 aromatic rings. The van der Waals surface area contributed by atoms with E-state index in [1.54, 1.807) is 41.0 Å². The summed E-state index contributed by atoms with van der Waals surface area (Å²) in [7, 11) is -0.936. The molecule has 3 fully saturated rings. The van der Waals surface area contributed by atoms with Gasteiger partial charge < -0.3 is 34.5 Å². The lowest BCUT2D eigenvalue weighted by molar-refractivity contribution is -0.142. The largest absolute Gasteiger partial charge is 0.494 e. The Balaban J connectivity index is 1.36. The third-order valence-corrected chi connectivity index (χ3v) is 13.2. The zero-order chi connectivity index (χ0) is 39.8. The first-order chi connectivity index (χ1) is 26.0. The number of nitrogens with zero attached hydrogens (tertiary/aromatic N) is 2. The molecule has 4 aliphatic rings. The fourth-order valence-electron chi connectivity index (χ4n) is 7.48. The number of fused-ring (bicyclic) bond motifs is 3. The Kier molecular flexibility index (Phi) is 11.4. The van der Waals surface area contributed by atoms with Gasteiger partial charge in [0.15, 0.2) is 0 Å². The SMILES string of the molecule is COC[C@@H]1CCCC/C=C\C2C[C@@]2(C(=O)NS(=O)(=O)C2(C)CC2)NC(=O)[C@@H]2C[C@@H](Oc3ncc(OC)c4ccccc34)CN2C(=O)[C@H]1NC(=O)OC(C)(C)C. The highest BCUT2D eigenvalue weighted by atomic mass is 32.2. The van der Waals surface area contributed by atoms with E-state index in [1.165, 1.54) is 12.0 Å². The van der Waals surface area contributed by atoms with Gasteiger partial charge >= 0.3 is 6.09 Å². The van der Waals surface area contributed by atoms with E-state index in [-0.39, 0.29) is 31.9 Å². The van der Waals surface area contributed by atoms with Crippen LogP contribution < -0.4 is 24.8 Å². The van der Waals surface area contributed by atoms with Crippen LogP contribution in [0.2, 0.25) is 0 Å². The zero-order valence-electron chi connectivity index (χ0n) is 32.4. The van der Waals surface area contributed by atoms with E-state index in [2.05, 4.69) is 20.3 Å². The molecule has 3 heterocycles. The van der Waals surface area contributed by atoms with Crippen LogP contribution in [0.15, 0.2) is 42.6 Å². The minimum absolute atomic E-state index is 0.0162. The number of sulfonamides is 1. The number of pyridine rings is 1. The second-order valence-corrected chi connectivity index (χ2v) is 18.6. The Morgan fingerprint density at radius 2 is 1.82 bits per heavy atom. The van der Waals surface area contributed by atoms with Crippen LogP contribution in [0.4, 0.5) is 4.79 Å². The van der Waals surface area contributed by atoms with Crippen molar-refractivity contribution in [1.82, 2.24) is 25.2 Å². The normalized spacial score (nSPS) is 28.7. The molecule has 0 spiro atoms. The van der Waals surface area contributed by atoms with E-state index >= 15 is 0 Å². The number of carbonyl (C=O) groups excluding carboxylic acids is 4. The molecular formula is C39H53N5O10S. The first-order valence-electron chi connectivity index (χ1n) is 18.9. The van der Waals surface area contributed by atoms with Crippen LogP contribution in [0, 0.1) is 11.8 Å². The van der Waals surface area contributed by atoms with Gasteiger partial charge in [0.05, 0.1) is 31.2 Å². The zero-order valence-corrected chi connectivity index (χ0v) is 33.2. The number of methoxy groups -OCH3 is 2. The van der Waals surface area contributed by atoms with E-state index < -0.39 is 79.7 Å². The van der Waals surface area contributed by atoms with Gasteiger partial charge in [-0.1, -0.05) is 36.8 Å². The highest BCUT2D eigenvalue weighted by Gasteiger charge is 2.63. The maximum absolute atomic E-state index is 14.9. The molecule has 3 N–H and O–H groups in total. The van der Waals surface area contributed by atoms with Gasteiger partial charge in [-0.3, -0.25) is 19.1 Å². The van der Waals surface area contributed by atoms with Crippen LogP contribution in [0.5, 0.6) is 11.6 Å². The van der Waals surface area contributed by atoms with Crippen molar-refractivity contribution in [2.24, 2.45) is 11.8 Å². The fraction of sp³-hybridized carbons (Fsp3) is 0.615. The average Bonchev–Trinajstić information content (AvgIpc) is 4.00. The fourth-order valence-corrected chi connectivity index (χ4v) is 8.79. The first-order valence-corrected chi connectivity index (χ1v) is 20.4. The van der Waals surface area contributed by atoms with Gasteiger partial charge in [-0.05, 0) is 72.3 Å². The number of benzene rings is 1. The molecule has 4 amide bonds. The van der Waals surface area contributed by atoms with Gasteiger partial charge in [0.1, 0.15) is 35.1 Å². The summed E-state index contributed by atoms with van der Waals surface area (Å²) in [5, 5.41) is 7.11. The summed E-state index contributed by atoms with van der Waals surface area (Å²) in [5.41, 5.74) is -2.39. The molecule has 0 radical (unpaired) electrons. The number of aromatic nitrogens is 1. The molecular weight excluding hydrogens is 731 g/mol. The third kappa shape index (κ3) is 8.69. The molecule has 2 saturated carbocycles. The first kappa shape index (κ1) is 40.2. The summed E-state index contributed by atoms with van der Waals surface area (Å²) < 4.78 is 50.7. The molecule has 2 aliphatic heterocycles. The molecule has 6 rings (SSSR count). The van der Waals surface area contributed by atoms with Gasteiger partial charge in [-0.15, -0.1) is 0 Å². The molecule has 1 saturated heterocycles. The average molecular weight is 784 g/mol. The van der Waals surface area contributed by atoms with Crippen LogP contribution in [0.1, 0.15) is 79.1 Å². The van der Waals surface area contributed by atoms with Crippen molar-refractivity contribution in [3.05, 3.63) is 42.6 Å². The molecule has 15 nitrogen and oxygen atoms in total. The molecule has 0 bridgehead atoms. The second kappa shape index (κ2) is 15.6. The molecule has 2 aliphatic carbocycles. The van der Waals surface area contributed by atoms with Crippen LogP contribution in [0.3, 0.4) is 0 Å². The third-order valence-electron chi connectivity index (χ3n) is 11.0.